The van der Waals surface area contributed by atoms with Crippen molar-refractivity contribution in [3.8, 4) is 5.75 Å². The molecule has 0 bridgehead atoms. The first kappa shape index (κ1) is 27.7. The molecule has 1 heterocycles. The van der Waals surface area contributed by atoms with Gasteiger partial charge in [-0.1, -0.05) is 56.3 Å². The van der Waals surface area contributed by atoms with E-state index in [9.17, 15) is 19.2 Å². The fraction of sp³-hybridized carbons (Fsp3) is 0.429. The lowest BCUT2D eigenvalue weighted by Gasteiger charge is -2.24. The average molecular weight is 509 g/mol. The van der Waals surface area contributed by atoms with E-state index in [1.54, 1.807) is 31.3 Å². The van der Waals surface area contributed by atoms with Gasteiger partial charge < -0.3 is 25.6 Å². The van der Waals surface area contributed by atoms with E-state index in [1.165, 1.54) is 4.90 Å². The number of fused-ring (bicyclic) bond motifs is 1. The van der Waals surface area contributed by atoms with E-state index in [4.69, 9.17) is 4.74 Å². The van der Waals surface area contributed by atoms with Crippen molar-refractivity contribution in [3.63, 3.8) is 0 Å². The fourth-order valence-electron chi connectivity index (χ4n) is 3.98. The summed E-state index contributed by atoms with van der Waals surface area (Å²) in [6, 6.07) is 15.3. The smallest absolute Gasteiger partial charge is 0.255 e. The second kappa shape index (κ2) is 13.4. The Hall–Kier alpha value is -3.88. The molecule has 3 N–H and O–H groups in total. The van der Waals surface area contributed by atoms with Crippen LogP contribution >= 0.6 is 0 Å². The molecule has 9 nitrogen and oxygen atoms in total. The molecule has 0 spiro atoms. The standard InChI is InChI=1S/C28H36N4O5/c1-19(2)23-18-37-24-12-8-7-11-21(24)27(35)31-22(13-14-26(34)32(3)17-25(33)30-23)28(36)29-16-15-20-9-5-4-6-10-20/h4-12,19,22-23H,13-18H2,1-3H3,(H,29,36)(H,30,33)(H,31,35)/t22-,23+/m0/s1. The van der Waals surface area contributed by atoms with Gasteiger partial charge in [-0.2, -0.15) is 0 Å². The van der Waals surface area contributed by atoms with Crippen molar-refractivity contribution in [3.05, 3.63) is 65.7 Å². The molecule has 2 atom stereocenters. The van der Waals surface area contributed by atoms with E-state index in [-0.39, 0.29) is 61.2 Å². The van der Waals surface area contributed by atoms with Crippen LogP contribution in [0.2, 0.25) is 0 Å². The maximum Gasteiger partial charge on any atom is 0.255 e. The highest BCUT2D eigenvalue weighted by molar-refractivity contribution is 5.99. The molecule has 1 aliphatic rings. The maximum absolute atomic E-state index is 13.2. The second-order valence-corrected chi connectivity index (χ2v) is 9.57. The molecule has 4 amide bonds. The third-order valence-electron chi connectivity index (χ3n) is 6.33. The molecule has 9 heteroatoms. The van der Waals surface area contributed by atoms with Crippen molar-refractivity contribution < 1.29 is 23.9 Å². The number of hydrogen-bond donors (Lipinski definition) is 3. The van der Waals surface area contributed by atoms with Crippen molar-refractivity contribution in [2.45, 2.75) is 45.2 Å². The summed E-state index contributed by atoms with van der Waals surface area (Å²) in [7, 11) is 1.55. The SMILES string of the molecule is CC(C)[C@H]1COc2ccccc2C(=O)N[C@H](C(=O)NCCc2ccccc2)CCC(=O)N(C)CC(=O)N1. The fourth-order valence-corrected chi connectivity index (χ4v) is 3.98. The zero-order chi connectivity index (χ0) is 26.8. The Kier molecular flexibility index (Phi) is 10.1. The summed E-state index contributed by atoms with van der Waals surface area (Å²) in [5, 5.41) is 8.57. The van der Waals surface area contributed by atoms with Crippen LogP contribution in [0.4, 0.5) is 0 Å². The predicted octanol–water partition coefficient (Wildman–Crippen LogP) is 1.92. The molecule has 0 radical (unpaired) electrons. The summed E-state index contributed by atoms with van der Waals surface area (Å²) in [6.07, 6.45) is 0.718. The first-order chi connectivity index (χ1) is 17.7. The highest BCUT2D eigenvalue weighted by Gasteiger charge is 2.26. The van der Waals surface area contributed by atoms with Crippen LogP contribution in [0.5, 0.6) is 5.75 Å². The zero-order valence-electron chi connectivity index (χ0n) is 21.7. The molecule has 0 saturated carbocycles. The Balaban J connectivity index is 1.79. The van der Waals surface area contributed by atoms with E-state index >= 15 is 0 Å². The monoisotopic (exact) mass is 508 g/mol. The number of carbonyl (C=O) groups is 4. The molecule has 37 heavy (non-hydrogen) atoms. The molecule has 0 aliphatic carbocycles. The van der Waals surface area contributed by atoms with Gasteiger partial charge in [0.25, 0.3) is 5.91 Å². The van der Waals surface area contributed by atoms with Crippen molar-refractivity contribution in [2.24, 2.45) is 5.92 Å². The number of amides is 4. The second-order valence-electron chi connectivity index (χ2n) is 9.57. The number of ether oxygens (including phenoxy) is 1. The molecule has 2 aromatic rings. The van der Waals surface area contributed by atoms with Crippen LogP contribution in [0.1, 0.15) is 42.6 Å². The van der Waals surface area contributed by atoms with Crippen LogP contribution in [0.25, 0.3) is 0 Å². The van der Waals surface area contributed by atoms with E-state index in [0.717, 1.165) is 5.56 Å². The van der Waals surface area contributed by atoms with Gasteiger partial charge in [0.05, 0.1) is 18.2 Å². The Labute approximate surface area is 217 Å². The third-order valence-corrected chi connectivity index (χ3v) is 6.33. The minimum atomic E-state index is -0.934. The summed E-state index contributed by atoms with van der Waals surface area (Å²) in [6.45, 7) is 4.33. The number of likely N-dealkylation sites (N-methyl/N-ethyl adjacent to an activating group) is 1. The van der Waals surface area contributed by atoms with Gasteiger partial charge in [0, 0.05) is 20.0 Å². The highest BCUT2D eigenvalue weighted by atomic mass is 16.5. The number of para-hydroxylation sites is 1. The topological polar surface area (TPSA) is 117 Å². The Morgan fingerprint density at radius 3 is 2.49 bits per heavy atom. The van der Waals surface area contributed by atoms with E-state index < -0.39 is 11.9 Å². The molecule has 0 saturated heterocycles. The van der Waals surface area contributed by atoms with Gasteiger partial charge >= 0.3 is 0 Å². The molecule has 1 aliphatic heterocycles. The lowest BCUT2D eigenvalue weighted by atomic mass is 10.1. The van der Waals surface area contributed by atoms with Crippen LogP contribution in [0, 0.1) is 5.92 Å². The average Bonchev–Trinajstić information content (AvgIpc) is 2.88. The number of carbonyl (C=O) groups excluding carboxylic acids is 4. The van der Waals surface area contributed by atoms with Gasteiger partial charge in [0.2, 0.25) is 17.7 Å². The number of nitrogens with zero attached hydrogens (tertiary/aromatic N) is 1. The number of benzene rings is 2. The number of hydrogen-bond acceptors (Lipinski definition) is 5. The molecule has 198 valence electrons. The van der Waals surface area contributed by atoms with Crippen molar-refractivity contribution >= 4 is 23.6 Å². The van der Waals surface area contributed by atoms with Crippen LogP contribution in [0.3, 0.4) is 0 Å². The zero-order valence-corrected chi connectivity index (χ0v) is 21.7. The maximum atomic E-state index is 13.2. The lowest BCUT2D eigenvalue weighted by molar-refractivity contribution is -0.135. The highest BCUT2D eigenvalue weighted by Crippen LogP contribution is 2.20. The normalized spacial score (nSPS) is 19.6. The molecule has 3 rings (SSSR count). The number of rotatable bonds is 5. The molecular weight excluding hydrogens is 472 g/mol. The first-order valence-corrected chi connectivity index (χ1v) is 12.6. The van der Waals surface area contributed by atoms with Crippen molar-refractivity contribution in [1.29, 1.82) is 0 Å². The molecule has 2 aromatic carbocycles. The summed E-state index contributed by atoms with van der Waals surface area (Å²) in [4.78, 5) is 53.0. The van der Waals surface area contributed by atoms with Crippen LogP contribution in [-0.4, -0.2) is 67.4 Å². The quantitative estimate of drug-likeness (QED) is 0.571. The van der Waals surface area contributed by atoms with Crippen LogP contribution < -0.4 is 20.7 Å². The van der Waals surface area contributed by atoms with Crippen molar-refractivity contribution in [2.75, 3.05) is 26.7 Å². The summed E-state index contributed by atoms with van der Waals surface area (Å²) >= 11 is 0. The minimum Gasteiger partial charge on any atom is -0.491 e. The van der Waals surface area contributed by atoms with E-state index in [2.05, 4.69) is 16.0 Å². The number of nitrogens with one attached hydrogen (secondary N) is 3. The third kappa shape index (κ3) is 8.34. The first-order valence-electron chi connectivity index (χ1n) is 12.6. The van der Waals surface area contributed by atoms with Gasteiger partial charge in [0.1, 0.15) is 18.4 Å². The minimum absolute atomic E-state index is 0.00735. The Morgan fingerprint density at radius 1 is 1.05 bits per heavy atom. The van der Waals surface area contributed by atoms with E-state index in [1.807, 2.05) is 44.2 Å². The molecule has 0 aromatic heterocycles. The van der Waals surface area contributed by atoms with Crippen molar-refractivity contribution in [1.82, 2.24) is 20.9 Å². The Morgan fingerprint density at radius 2 is 1.76 bits per heavy atom. The molecule has 0 fully saturated rings. The van der Waals surface area contributed by atoms with Gasteiger partial charge in [-0.15, -0.1) is 0 Å². The van der Waals surface area contributed by atoms with Gasteiger partial charge in [-0.25, -0.2) is 0 Å². The largest absolute Gasteiger partial charge is 0.491 e. The van der Waals surface area contributed by atoms with Crippen LogP contribution in [0.15, 0.2) is 54.6 Å². The lowest BCUT2D eigenvalue weighted by Crippen LogP contribution is -2.48. The Bertz CT molecular complexity index is 1090. The van der Waals surface area contributed by atoms with Crippen LogP contribution in [-0.2, 0) is 20.8 Å². The van der Waals surface area contributed by atoms with Gasteiger partial charge in [-0.3, -0.25) is 19.2 Å². The predicted molar refractivity (Wildman–Crippen MR) is 140 cm³/mol. The summed E-state index contributed by atoms with van der Waals surface area (Å²) < 4.78 is 5.96. The summed E-state index contributed by atoms with van der Waals surface area (Å²) in [5.74, 6) is -1.03. The molecular formula is C28H36N4O5. The van der Waals surface area contributed by atoms with Gasteiger partial charge in [-0.05, 0) is 36.5 Å². The molecule has 0 unspecified atom stereocenters. The summed E-state index contributed by atoms with van der Waals surface area (Å²) in [5.41, 5.74) is 1.35. The van der Waals surface area contributed by atoms with Gasteiger partial charge in [0.15, 0.2) is 0 Å². The van der Waals surface area contributed by atoms with E-state index in [0.29, 0.717) is 18.7 Å².